The summed E-state index contributed by atoms with van der Waals surface area (Å²) in [6, 6.07) is 2.84. The van der Waals surface area contributed by atoms with Gasteiger partial charge in [-0.25, -0.2) is 13.4 Å². The molecule has 2 aromatic rings. The Morgan fingerprint density at radius 1 is 1.26 bits per heavy atom. The summed E-state index contributed by atoms with van der Waals surface area (Å²) in [6.07, 6.45) is 4.91. The standard InChI is InChI=1S/C18H24N4O4S/c1-18(24)8-2-3-14(18)22-15(23)5-4-12-11-19-17(21-16(12)22)20-13-6-9-27(25,26)10-7-13/h4-5,11,13-14,24H,2-3,6-10H2,1H3,(H,19,20,21)/t14-,18-/m1/s1. The van der Waals surface area contributed by atoms with Crippen LogP contribution in [0, 0.1) is 0 Å². The molecule has 9 heteroatoms. The van der Waals surface area contributed by atoms with Gasteiger partial charge < -0.3 is 10.4 Å². The summed E-state index contributed by atoms with van der Waals surface area (Å²) in [4.78, 5) is 21.5. The van der Waals surface area contributed by atoms with E-state index in [1.807, 2.05) is 0 Å². The number of aliphatic hydroxyl groups is 1. The van der Waals surface area contributed by atoms with E-state index < -0.39 is 15.4 Å². The van der Waals surface area contributed by atoms with Gasteiger partial charge in [-0.1, -0.05) is 0 Å². The minimum Gasteiger partial charge on any atom is -0.388 e. The summed E-state index contributed by atoms with van der Waals surface area (Å²) in [6.45, 7) is 1.76. The zero-order valence-corrected chi connectivity index (χ0v) is 16.1. The molecule has 2 aromatic heterocycles. The predicted octanol–water partition coefficient (Wildman–Crippen LogP) is 1.26. The van der Waals surface area contributed by atoms with Gasteiger partial charge in [-0.3, -0.25) is 9.36 Å². The van der Waals surface area contributed by atoms with Crippen LogP contribution >= 0.6 is 0 Å². The molecule has 8 nitrogen and oxygen atoms in total. The number of rotatable bonds is 3. The lowest BCUT2D eigenvalue weighted by atomic mass is 10.00. The zero-order valence-electron chi connectivity index (χ0n) is 15.3. The van der Waals surface area contributed by atoms with Crippen LogP contribution in [0.25, 0.3) is 11.0 Å². The molecule has 1 aliphatic carbocycles. The number of nitrogens with zero attached hydrogens (tertiary/aromatic N) is 3. The molecule has 2 atom stereocenters. The highest BCUT2D eigenvalue weighted by atomic mass is 32.2. The molecule has 2 fully saturated rings. The number of anilines is 1. The van der Waals surface area contributed by atoms with Crippen LogP contribution in [0.1, 0.15) is 45.1 Å². The number of nitrogens with one attached hydrogen (secondary N) is 1. The summed E-state index contributed by atoms with van der Waals surface area (Å²) in [5, 5.41) is 14.6. The fourth-order valence-corrected chi connectivity index (χ4v) is 5.66. The van der Waals surface area contributed by atoms with Crippen LogP contribution < -0.4 is 10.9 Å². The van der Waals surface area contributed by atoms with Gasteiger partial charge in [-0.15, -0.1) is 0 Å². The molecule has 0 spiro atoms. The molecule has 146 valence electrons. The van der Waals surface area contributed by atoms with Gasteiger partial charge >= 0.3 is 0 Å². The largest absolute Gasteiger partial charge is 0.388 e. The molecule has 3 heterocycles. The number of hydrogen-bond acceptors (Lipinski definition) is 7. The van der Waals surface area contributed by atoms with Crippen molar-refractivity contribution in [1.29, 1.82) is 0 Å². The van der Waals surface area contributed by atoms with E-state index in [2.05, 4.69) is 15.3 Å². The SMILES string of the molecule is C[C@@]1(O)CCC[C@H]1n1c(=O)ccc2cnc(NC3CCS(=O)(=O)CC3)nc21. The Kier molecular flexibility index (Phi) is 4.46. The van der Waals surface area contributed by atoms with Crippen molar-refractivity contribution in [3.8, 4) is 0 Å². The Bertz CT molecular complexity index is 1020. The first kappa shape index (κ1) is 18.4. The van der Waals surface area contributed by atoms with Gasteiger partial charge in [0.05, 0.1) is 23.1 Å². The van der Waals surface area contributed by atoms with Crippen molar-refractivity contribution in [3.05, 3.63) is 28.7 Å². The summed E-state index contributed by atoms with van der Waals surface area (Å²) in [5.41, 5.74) is -0.646. The quantitative estimate of drug-likeness (QED) is 0.808. The van der Waals surface area contributed by atoms with Crippen LogP contribution in [0.2, 0.25) is 0 Å². The number of hydrogen-bond donors (Lipinski definition) is 2. The third-order valence-corrected chi connectivity index (χ3v) is 7.46. The van der Waals surface area contributed by atoms with Gasteiger partial charge in [-0.05, 0) is 45.1 Å². The Balaban J connectivity index is 1.69. The molecule has 2 aliphatic rings. The lowest BCUT2D eigenvalue weighted by Crippen LogP contribution is -2.37. The molecule has 4 rings (SSSR count). The van der Waals surface area contributed by atoms with Gasteiger partial charge in [0.1, 0.15) is 15.5 Å². The van der Waals surface area contributed by atoms with Gasteiger partial charge in [0, 0.05) is 23.7 Å². The molecule has 0 amide bonds. The molecular weight excluding hydrogens is 368 g/mol. The van der Waals surface area contributed by atoms with Crippen LogP contribution in [0.4, 0.5) is 5.95 Å². The van der Waals surface area contributed by atoms with Crippen LogP contribution in [-0.2, 0) is 9.84 Å². The summed E-state index contributed by atoms with van der Waals surface area (Å²) in [5.74, 6) is 0.700. The molecule has 2 N–H and O–H groups in total. The normalized spacial score (nSPS) is 28.4. The Labute approximate surface area is 157 Å². The maximum absolute atomic E-state index is 12.6. The van der Waals surface area contributed by atoms with Crippen molar-refractivity contribution < 1.29 is 13.5 Å². The van der Waals surface area contributed by atoms with E-state index in [9.17, 15) is 18.3 Å². The second-order valence-electron chi connectivity index (χ2n) is 7.85. The maximum atomic E-state index is 12.6. The van der Waals surface area contributed by atoms with Crippen molar-refractivity contribution in [1.82, 2.24) is 14.5 Å². The first-order valence-corrected chi connectivity index (χ1v) is 11.1. The molecule has 1 aliphatic heterocycles. The van der Waals surface area contributed by atoms with Gasteiger partial charge in [0.25, 0.3) is 5.56 Å². The molecule has 1 saturated heterocycles. The van der Waals surface area contributed by atoms with Crippen LogP contribution in [0.3, 0.4) is 0 Å². The second kappa shape index (κ2) is 6.56. The second-order valence-corrected chi connectivity index (χ2v) is 10.2. The van der Waals surface area contributed by atoms with Gasteiger partial charge in [0.2, 0.25) is 5.95 Å². The van der Waals surface area contributed by atoms with Crippen LogP contribution in [0.15, 0.2) is 23.1 Å². The monoisotopic (exact) mass is 392 g/mol. The lowest BCUT2D eigenvalue weighted by Gasteiger charge is -2.28. The predicted molar refractivity (Wildman–Crippen MR) is 103 cm³/mol. The summed E-state index contributed by atoms with van der Waals surface area (Å²) < 4.78 is 24.8. The van der Waals surface area contributed by atoms with Crippen molar-refractivity contribution in [3.63, 3.8) is 0 Å². The smallest absolute Gasteiger partial charge is 0.252 e. The first-order chi connectivity index (χ1) is 12.8. The average Bonchev–Trinajstić information content (AvgIpc) is 2.95. The maximum Gasteiger partial charge on any atom is 0.252 e. The molecule has 0 bridgehead atoms. The first-order valence-electron chi connectivity index (χ1n) is 9.33. The molecule has 0 radical (unpaired) electrons. The van der Waals surface area contributed by atoms with Crippen molar-refractivity contribution in [2.75, 3.05) is 16.8 Å². The van der Waals surface area contributed by atoms with Crippen molar-refractivity contribution in [2.24, 2.45) is 0 Å². The Morgan fingerprint density at radius 3 is 2.67 bits per heavy atom. The van der Waals surface area contributed by atoms with E-state index in [1.54, 1.807) is 23.8 Å². The van der Waals surface area contributed by atoms with E-state index in [-0.39, 0.29) is 29.1 Å². The average molecular weight is 392 g/mol. The molecule has 0 aromatic carbocycles. The Hall–Kier alpha value is -2.00. The van der Waals surface area contributed by atoms with Gasteiger partial charge in [0.15, 0.2) is 0 Å². The third-order valence-electron chi connectivity index (χ3n) is 5.74. The molecular formula is C18H24N4O4S. The number of fused-ring (bicyclic) bond motifs is 1. The lowest BCUT2D eigenvalue weighted by molar-refractivity contribution is 0.0267. The molecule has 0 unspecified atom stereocenters. The van der Waals surface area contributed by atoms with E-state index in [4.69, 9.17) is 0 Å². The minimum atomic E-state index is -2.93. The fourth-order valence-electron chi connectivity index (χ4n) is 4.16. The van der Waals surface area contributed by atoms with Crippen molar-refractivity contribution in [2.45, 2.75) is 56.7 Å². The van der Waals surface area contributed by atoms with Crippen LogP contribution in [-0.4, -0.2) is 51.2 Å². The zero-order chi connectivity index (χ0) is 19.2. The van der Waals surface area contributed by atoms with Crippen molar-refractivity contribution >= 4 is 26.8 Å². The van der Waals surface area contributed by atoms with E-state index in [0.717, 1.165) is 18.2 Å². The Morgan fingerprint density at radius 2 is 2.00 bits per heavy atom. The third kappa shape index (κ3) is 3.58. The highest BCUT2D eigenvalue weighted by Gasteiger charge is 2.39. The van der Waals surface area contributed by atoms with E-state index in [0.29, 0.717) is 30.9 Å². The molecule has 1 saturated carbocycles. The minimum absolute atomic E-state index is 0.00977. The van der Waals surface area contributed by atoms with E-state index >= 15 is 0 Å². The molecule has 27 heavy (non-hydrogen) atoms. The van der Waals surface area contributed by atoms with Gasteiger partial charge in [-0.2, -0.15) is 4.98 Å². The van der Waals surface area contributed by atoms with Crippen LogP contribution in [0.5, 0.6) is 0 Å². The number of aromatic nitrogens is 3. The highest BCUT2D eigenvalue weighted by Crippen LogP contribution is 2.39. The highest BCUT2D eigenvalue weighted by molar-refractivity contribution is 7.91. The van der Waals surface area contributed by atoms with E-state index in [1.165, 1.54) is 6.07 Å². The topological polar surface area (TPSA) is 114 Å². The summed E-state index contributed by atoms with van der Waals surface area (Å²) >= 11 is 0. The number of sulfone groups is 1. The fraction of sp³-hybridized carbons (Fsp3) is 0.611. The summed E-state index contributed by atoms with van der Waals surface area (Å²) in [7, 11) is -2.93. The number of pyridine rings is 1.